The minimum absolute atomic E-state index is 0.146. The monoisotopic (exact) mass is 301 g/mol. The maximum absolute atomic E-state index is 12.5. The summed E-state index contributed by atoms with van der Waals surface area (Å²) < 4.78 is 46.1. The highest BCUT2D eigenvalue weighted by molar-refractivity contribution is 5.74. The number of benzene rings is 1. The van der Waals surface area contributed by atoms with Crippen molar-refractivity contribution in [1.29, 1.82) is 5.26 Å². The number of halogens is 3. The molecule has 0 saturated heterocycles. The van der Waals surface area contributed by atoms with E-state index in [1.54, 1.807) is 19.9 Å². The van der Waals surface area contributed by atoms with Crippen LogP contribution in [0.15, 0.2) is 12.1 Å². The molecule has 4 nitrogen and oxygen atoms in total. The van der Waals surface area contributed by atoms with Gasteiger partial charge in [0, 0.05) is 0 Å². The van der Waals surface area contributed by atoms with Gasteiger partial charge in [-0.15, -0.1) is 13.2 Å². The van der Waals surface area contributed by atoms with Gasteiger partial charge in [-0.1, -0.05) is 19.1 Å². The average Bonchev–Trinajstić information content (AvgIpc) is 2.37. The lowest BCUT2D eigenvalue weighted by molar-refractivity contribution is -0.275. The highest BCUT2D eigenvalue weighted by Crippen LogP contribution is 2.32. The van der Waals surface area contributed by atoms with Gasteiger partial charge in [0.05, 0.1) is 18.6 Å². The molecule has 0 amide bonds. The van der Waals surface area contributed by atoms with Crippen LogP contribution in [0.25, 0.3) is 0 Å². The van der Waals surface area contributed by atoms with Gasteiger partial charge in [-0.3, -0.25) is 4.79 Å². The quantitative estimate of drug-likeness (QED) is 0.784. The van der Waals surface area contributed by atoms with Crippen molar-refractivity contribution >= 4 is 5.97 Å². The first-order valence-electron chi connectivity index (χ1n) is 6.28. The number of carbonyl (C=O) groups is 1. The first-order chi connectivity index (χ1) is 9.82. The third-order valence-corrected chi connectivity index (χ3v) is 2.68. The van der Waals surface area contributed by atoms with E-state index in [1.807, 2.05) is 0 Å². The molecule has 0 saturated carbocycles. The Labute approximate surface area is 120 Å². The van der Waals surface area contributed by atoms with Crippen LogP contribution in [0.1, 0.15) is 30.5 Å². The number of nitrogens with zero attached hydrogens (tertiary/aromatic N) is 1. The van der Waals surface area contributed by atoms with E-state index >= 15 is 0 Å². The molecular formula is C14H14F3NO3. The summed E-state index contributed by atoms with van der Waals surface area (Å²) in [5.41, 5.74) is 0.101. The SMILES string of the molecule is CCOC(=O)Cc1ccc(CC)c(OC(F)(F)F)c1C#N. The number of alkyl halides is 3. The number of carbonyl (C=O) groups excluding carboxylic acids is 1. The number of nitriles is 1. The third-order valence-electron chi connectivity index (χ3n) is 2.68. The zero-order valence-electron chi connectivity index (χ0n) is 11.6. The Morgan fingerprint density at radius 2 is 1.90 bits per heavy atom. The number of hydrogen-bond donors (Lipinski definition) is 0. The zero-order valence-corrected chi connectivity index (χ0v) is 11.6. The fourth-order valence-corrected chi connectivity index (χ4v) is 1.81. The van der Waals surface area contributed by atoms with Gasteiger partial charge in [0.15, 0.2) is 5.75 Å². The van der Waals surface area contributed by atoms with Crippen molar-refractivity contribution in [2.45, 2.75) is 33.1 Å². The van der Waals surface area contributed by atoms with Crippen molar-refractivity contribution in [3.8, 4) is 11.8 Å². The highest BCUT2D eigenvalue weighted by atomic mass is 19.4. The number of hydrogen-bond acceptors (Lipinski definition) is 4. The minimum atomic E-state index is -4.90. The van der Waals surface area contributed by atoms with E-state index in [0.29, 0.717) is 0 Å². The second-order valence-corrected chi connectivity index (χ2v) is 4.08. The normalized spacial score (nSPS) is 10.9. The molecule has 0 bridgehead atoms. The summed E-state index contributed by atoms with van der Waals surface area (Å²) in [7, 11) is 0. The maximum atomic E-state index is 12.5. The van der Waals surface area contributed by atoms with Crippen molar-refractivity contribution in [3.05, 3.63) is 28.8 Å². The summed E-state index contributed by atoms with van der Waals surface area (Å²) in [6.45, 7) is 3.41. The van der Waals surface area contributed by atoms with Crippen molar-refractivity contribution in [2.75, 3.05) is 6.61 Å². The Balaban J connectivity index is 3.26. The molecule has 0 fully saturated rings. The Hall–Kier alpha value is -2.23. The Morgan fingerprint density at radius 3 is 2.38 bits per heavy atom. The van der Waals surface area contributed by atoms with E-state index in [4.69, 9.17) is 10.00 Å². The molecule has 0 unspecified atom stereocenters. The standard InChI is InChI=1S/C14H14F3NO3/c1-3-9-5-6-10(7-12(19)20-4-2)11(8-18)13(9)21-14(15,16)17/h5-6H,3-4,7H2,1-2H3. The van der Waals surface area contributed by atoms with Gasteiger partial charge in [-0.2, -0.15) is 5.26 Å². The molecule has 0 aromatic heterocycles. The second kappa shape index (κ2) is 6.97. The van der Waals surface area contributed by atoms with Crippen LogP contribution in [0, 0.1) is 11.3 Å². The van der Waals surface area contributed by atoms with Crippen LogP contribution >= 0.6 is 0 Å². The predicted molar refractivity (Wildman–Crippen MR) is 67.6 cm³/mol. The molecule has 0 spiro atoms. The van der Waals surface area contributed by atoms with Crippen LogP contribution in [0.2, 0.25) is 0 Å². The Kier molecular flexibility index (Phi) is 5.59. The third kappa shape index (κ3) is 4.67. The second-order valence-electron chi connectivity index (χ2n) is 4.08. The van der Waals surface area contributed by atoms with Gasteiger partial charge >= 0.3 is 12.3 Å². The largest absolute Gasteiger partial charge is 0.573 e. The molecule has 0 radical (unpaired) electrons. The van der Waals surface area contributed by atoms with Gasteiger partial charge in [-0.05, 0) is 24.5 Å². The molecule has 1 aromatic carbocycles. The van der Waals surface area contributed by atoms with E-state index < -0.39 is 18.1 Å². The summed E-state index contributed by atoms with van der Waals surface area (Å²) in [4.78, 5) is 11.4. The molecule has 0 atom stereocenters. The fraction of sp³-hybridized carbons (Fsp3) is 0.429. The molecule has 0 heterocycles. The zero-order chi connectivity index (χ0) is 16.0. The first kappa shape index (κ1) is 16.8. The van der Waals surface area contributed by atoms with Crippen LogP contribution in [0.4, 0.5) is 13.2 Å². The highest BCUT2D eigenvalue weighted by Gasteiger charge is 2.34. The fourth-order valence-electron chi connectivity index (χ4n) is 1.81. The molecule has 21 heavy (non-hydrogen) atoms. The van der Waals surface area contributed by atoms with Crippen molar-refractivity contribution < 1.29 is 27.4 Å². The number of rotatable bonds is 5. The lowest BCUT2D eigenvalue weighted by Gasteiger charge is -2.16. The van der Waals surface area contributed by atoms with Gasteiger partial charge < -0.3 is 9.47 Å². The van der Waals surface area contributed by atoms with Crippen LogP contribution in [-0.4, -0.2) is 18.9 Å². The van der Waals surface area contributed by atoms with Crippen molar-refractivity contribution in [2.24, 2.45) is 0 Å². The van der Waals surface area contributed by atoms with Crippen LogP contribution in [0.5, 0.6) is 5.75 Å². The topological polar surface area (TPSA) is 59.3 Å². The molecule has 7 heteroatoms. The number of ether oxygens (including phenoxy) is 2. The summed E-state index contributed by atoms with van der Waals surface area (Å²) in [6, 6.07) is 4.53. The van der Waals surface area contributed by atoms with E-state index in [9.17, 15) is 18.0 Å². The van der Waals surface area contributed by atoms with E-state index in [-0.39, 0.29) is 36.1 Å². The lowest BCUT2D eigenvalue weighted by Crippen LogP contribution is -2.20. The predicted octanol–water partition coefficient (Wildman–Crippen LogP) is 3.12. The Morgan fingerprint density at radius 1 is 1.29 bits per heavy atom. The van der Waals surface area contributed by atoms with Crippen LogP contribution < -0.4 is 4.74 Å². The smallest absolute Gasteiger partial charge is 0.466 e. The average molecular weight is 301 g/mol. The summed E-state index contributed by atoms with van der Waals surface area (Å²) in [5, 5.41) is 9.11. The summed E-state index contributed by atoms with van der Waals surface area (Å²) in [6.07, 6.45) is -4.92. The lowest BCUT2D eigenvalue weighted by atomic mass is 9.99. The maximum Gasteiger partial charge on any atom is 0.573 e. The van der Waals surface area contributed by atoms with Gasteiger partial charge in [0.2, 0.25) is 0 Å². The van der Waals surface area contributed by atoms with Crippen molar-refractivity contribution in [1.82, 2.24) is 0 Å². The molecule has 0 aliphatic rings. The molecule has 0 N–H and O–H groups in total. The number of aryl methyl sites for hydroxylation is 1. The van der Waals surface area contributed by atoms with Crippen LogP contribution in [0.3, 0.4) is 0 Å². The summed E-state index contributed by atoms with van der Waals surface area (Å²) >= 11 is 0. The minimum Gasteiger partial charge on any atom is -0.466 e. The molecule has 1 rings (SSSR count). The van der Waals surface area contributed by atoms with Gasteiger partial charge in [-0.25, -0.2) is 0 Å². The van der Waals surface area contributed by atoms with E-state index in [1.165, 1.54) is 12.1 Å². The molecular weight excluding hydrogens is 287 g/mol. The van der Waals surface area contributed by atoms with Gasteiger partial charge in [0.1, 0.15) is 6.07 Å². The summed E-state index contributed by atoms with van der Waals surface area (Å²) in [5.74, 6) is -1.16. The van der Waals surface area contributed by atoms with E-state index in [0.717, 1.165) is 0 Å². The number of esters is 1. The molecule has 0 aliphatic carbocycles. The molecule has 1 aromatic rings. The van der Waals surface area contributed by atoms with Crippen molar-refractivity contribution in [3.63, 3.8) is 0 Å². The van der Waals surface area contributed by atoms with Crippen LogP contribution in [-0.2, 0) is 22.4 Å². The molecule has 114 valence electrons. The Bertz CT molecular complexity index is 562. The first-order valence-corrected chi connectivity index (χ1v) is 6.28. The molecule has 0 aliphatic heterocycles. The van der Waals surface area contributed by atoms with E-state index in [2.05, 4.69) is 4.74 Å². The van der Waals surface area contributed by atoms with Gasteiger partial charge in [0.25, 0.3) is 0 Å².